The first-order valence-electron chi connectivity index (χ1n) is 6.35. The summed E-state index contributed by atoms with van der Waals surface area (Å²) in [5.41, 5.74) is 0. The summed E-state index contributed by atoms with van der Waals surface area (Å²) in [5.74, 6) is -8.24. The molecule has 0 saturated heterocycles. The second-order valence-electron chi connectivity index (χ2n) is 4.58. The van der Waals surface area contributed by atoms with Gasteiger partial charge in [-0.3, -0.25) is 66.0 Å². The van der Waals surface area contributed by atoms with E-state index in [9.17, 15) is 70.3 Å². The van der Waals surface area contributed by atoms with Crippen LogP contribution < -0.4 is 16.0 Å². The maximum Gasteiger partial charge on any atom is 0.717 e. The Morgan fingerprint density at radius 2 is 0.759 bits per heavy atom. The van der Waals surface area contributed by atoms with Crippen LogP contribution in [0.3, 0.4) is 0 Å². The molecular weight excluding hydrogens is 422 g/mol. The smallest absolute Gasteiger partial charge is 0.316 e. The molecule has 0 rings (SSSR count). The van der Waals surface area contributed by atoms with E-state index in [2.05, 4.69) is 0 Å². The van der Waals surface area contributed by atoms with E-state index in [4.69, 9.17) is 0 Å². The molecule has 0 aliphatic rings. The number of rotatable bonds is 10. The van der Waals surface area contributed by atoms with E-state index in [1.165, 1.54) is 10.6 Å². The highest BCUT2D eigenvalue weighted by Crippen LogP contribution is 2.12. The van der Waals surface area contributed by atoms with E-state index in [1.54, 1.807) is 0 Å². The van der Waals surface area contributed by atoms with Crippen LogP contribution >= 0.6 is 0 Å². The molecule has 0 aromatic carbocycles. The van der Waals surface area contributed by atoms with Gasteiger partial charge in [-0.25, -0.2) is 9.59 Å². The van der Waals surface area contributed by atoms with Crippen LogP contribution in [0.25, 0.3) is 0 Å². The van der Waals surface area contributed by atoms with Gasteiger partial charge in [-0.15, -0.1) is 0 Å². The van der Waals surface area contributed by atoms with Gasteiger partial charge in [0.05, 0.1) is 0 Å². The van der Waals surface area contributed by atoms with E-state index >= 15 is 0 Å². The van der Waals surface area contributed by atoms with Crippen molar-refractivity contribution in [2.24, 2.45) is 0 Å². The van der Waals surface area contributed by atoms with E-state index in [0.717, 1.165) is 5.32 Å². The first-order valence-corrected chi connectivity index (χ1v) is 6.35. The van der Waals surface area contributed by atoms with Crippen molar-refractivity contribution in [2.45, 2.75) is 11.6 Å². The first-order chi connectivity index (χ1) is 13.2. The molecule has 0 unspecified atom stereocenters. The Morgan fingerprint density at radius 1 is 0.552 bits per heavy atom. The third kappa shape index (κ3) is 4.65. The minimum atomic E-state index is -4.12. The molecule has 0 spiro atoms. The lowest BCUT2D eigenvalue weighted by atomic mass is 10.4. The van der Waals surface area contributed by atoms with Gasteiger partial charge in [0.25, 0.3) is 0 Å². The topological polar surface area (TPSA) is 329 Å². The lowest BCUT2D eigenvalue weighted by molar-refractivity contribution is -0.966. The summed E-state index contributed by atoms with van der Waals surface area (Å²) in [6.07, 6.45) is 0. The van der Waals surface area contributed by atoms with Crippen molar-refractivity contribution in [2.75, 3.05) is 13.1 Å². The fourth-order valence-electron chi connectivity index (χ4n) is 1.38. The highest BCUT2D eigenvalue weighted by molar-refractivity contribution is 5.93. The van der Waals surface area contributed by atoms with Crippen LogP contribution in [0.4, 0.5) is 9.59 Å². The molecule has 0 atom stereocenters. The number of hydrogen-bond donors (Lipinski definition) is 3. The Balaban J connectivity index is 5.15. The van der Waals surface area contributed by atoms with Crippen LogP contribution in [-0.2, 0) is 0 Å². The fraction of sp³-hybridized carbons (Fsp3) is 0.667. The highest BCUT2D eigenvalue weighted by atomic mass is 16.7. The average molecular weight is 429 g/mol. The Morgan fingerprint density at radius 3 is 0.931 bits per heavy atom. The third-order valence-corrected chi connectivity index (χ3v) is 2.95. The molecule has 0 aromatic heterocycles. The standard InChI is InChI=1S/C6H7N9O14/c16-3(7-1-5(10(18)19,11(20)21)12(22)23)9-4(17)8-2-6(13(24)25,14(26)27)15(28)29/h1-2H2,(H3,7,8,9,16,17). The maximum atomic E-state index is 11.3. The Bertz CT molecular complexity index is 654. The molecule has 0 aromatic rings. The van der Waals surface area contributed by atoms with Crippen molar-refractivity contribution >= 4 is 12.1 Å². The zero-order valence-electron chi connectivity index (χ0n) is 13.3. The normalized spacial score (nSPS) is 10.9. The van der Waals surface area contributed by atoms with Crippen molar-refractivity contribution < 1.29 is 39.1 Å². The van der Waals surface area contributed by atoms with Crippen LogP contribution in [0.2, 0.25) is 0 Å². The molecule has 0 radical (unpaired) electrons. The minimum Gasteiger partial charge on any atom is -0.316 e. The summed E-state index contributed by atoms with van der Waals surface area (Å²) in [6.45, 7) is -3.75. The summed E-state index contributed by atoms with van der Waals surface area (Å²) in [7, 11) is 0. The summed E-state index contributed by atoms with van der Waals surface area (Å²) < 4.78 is 0. The minimum absolute atomic E-state index is 1.12. The molecular formula is C6H7N9O14. The third-order valence-electron chi connectivity index (χ3n) is 2.95. The van der Waals surface area contributed by atoms with Gasteiger partial charge in [-0.1, -0.05) is 0 Å². The average Bonchev–Trinajstić information content (AvgIpc) is 2.53. The van der Waals surface area contributed by atoms with Gasteiger partial charge in [0.2, 0.25) is 13.1 Å². The lowest BCUT2D eigenvalue weighted by Gasteiger charge is -2.11. The second-order valence-corrected chi connectivity index (χ2v) is 4.58. The number of carbonyl (C=O) groups excluding carboxylic acids is 2. The van der Waals surface area contributed by atoms with E-state index in [-0.39, 0.29) is 0 Å². The quantitative estimate of drug-likeness (QED) is 0.176. The summed E-state index contributed by atoms with van der Waals surface area (Å²) in [6, 6.07) is -3.71. The van der Waals surface area contributed by atoms with Gasteiger partial charge in [0, 0.05) is 0 Å². The van der Waals surface area contributed by atoms with Crippen molar-refractivity contribution in [3.8, 4) is 0 Å². The molecule has 0 heterocycles. The van der Waals surface area contributed by atoms with Crippen molar-refractivity contribution in [1.82, 2.24) is 16.0 Å². The zero-order chi connectivity index (χ0) is 23.2. The molecule has 4 amide bonds. The summed E-state index contributed by atoms with van der Waals surface area (Å²) >= 11 is 0. The van der Waals surface area contributed by atoms with Gasteiger partial charge in [0.1, 0.15) is 0 Å². The van der Waals surface area contributed by atoms with Crippen molar-refractivity contribution in [3.05, 3.63) is 60.7 Å². The van der Waals surface area contributed by atoms with Gasteiger partial charge >= 0.3 is 23.6 Å². The van der Waals surface area contributed by atoms with Crippen LogP contribution in [0.1, 0.15) is 0 Å². The van der Waals surface area contributed by atoms with E-state index in [1.807, 2.05) is 0 Å². The molecule has 0 aliphatic heterocycles. The monoisotopic (exact) mass is 429 g/mol. The molecule has 23 heteroatoms. The summed E-state index contributed by atoms with van der Waals surface area (Å²) in [4.78, 5) is 74.7. The Hall–Kier alpha value is -4.86. The predicted molar refractivity (Wildman–Crippen MR) is 77.4 cm³/mol. The Kier molecular flexibility index (Phi) is 7.23. The number of nitrogens with zero attached hydrogens (tertiary/aromatic N) is 6. The van der Waals surface area contributed by atoms with Crippen molar-refractivity contribution in [3.63, 3.8) is 0 Å². The Labute approximate surface area is 153 Å². The van der Waals surface area contributed by atoms with Crippen LogP contribution in [0, 0.1) is 60.7 Å². The van der Waals surface area contributed by atoms with Crippen LogP contribution in [0.15, 0.2) is 0 Å². The SMILES string of the molecule is O=C(NCC([N+](=O)[O-])([N+](=O)[O-])[N+](=O)[O-])NC(=O)NCC([N+](=O)[O-])([N+](=O)[O-])[N+](=O)[O-]. The van der Waals surface area contributed by atoms with Gasteiger partial charge in [-0.05, 0) is 0 Å². The number of amides is 4. The molecule has 23 nitrogen and oxygen atoms in total. The van der Waals surface area contributed by atoms with E-state index < -0.39 is 66.3 Å². The first kappa shape index (κ1) is 24.1. The maximum absolute atomic E-state index is 11.3. The van der Waals surface area contributed by atoms with Gasteiger partial charge in [-0.2, -0.15) is 0 Å². The molecule has 0 fully saturated rings. The number of nitro groups is 6. The number of urea groups is 2. The fourth-order valence-corrected chi connectivity index (χ4v) is 1.38. The van der Waals surface area contributed by atoms with Crippen LogP contribution in [-0.4, -0.2) is 66.3 Å². The largest absolute Gasteiger partial charge is 0.717 e. The molecule has 0 saturated carbocycles. The second kappa shape index (κ2) is 8.68. The van der Waals surface area contributed by atoms with Crippen molar-refractivity contribution in [1.29, 1.82) is 0 Å². The lowest BCUT2D eigenvalue weighted by Crippen LogP contribution is -2.63. The van der Waals surface area contributed by atoms with E-state index in [0.29, 0.717) is 0 Å². The van der Waals surface area contributed by atoms with Gasteiger partial charge < -0.3 is 10.6 Å². The molecule has 0 bridgehead atoms. The number of hydrogen-bond acceptors (Lipinski definition) is 14. The number of imide groups is 1. The highest BCUT2D eigenvalue weighted by Gasteiger charge is 2.71. The van der Waals surface area contributed by atoms with Gasteiger partial charge in [0.15, 0.2) is 29.5 Å². The molecule has 29 heavy (non-hydrogen) atoms. The van der Waals surface area contributed by atoms with Crippen LogP contribution in [0.5, 0.6) is 0 Å². The molecule has 3 N–H and O–H groups in total. The number of carbonyl (C=O) groups is 2. The zero-order valence-corrected chi connectivity index (χ0v) is 13.3. The molecule has 0 aliphatic carbocycles. The number of nitrogens with one attached hydrogen (secondary N) is 3. The predicted octanol–water partition coefficient (Wildman–Crippen LogP) is -3.04. The summed E-state index contributed by atoms with van der Waals surface area (Å²) in [5, 5.41) is 67.3. The molecule has 160 valence electrons.